The zero-order chi connectivity index (χ0) is 20.3. The highest BCUT2D eigenvalue weighted by atomic mass is 16.5. The van der Waals surface area contributed by atoms with Crippen LogP contribution in [0, 0.1) is 0 Å². The predicted octanol–water partition coefficient (Wildman–Crippen LogP) is 4.19. The number of H-pyrrole nitrogens is 1. The van der Waals surface area contributed by atoms with E-state index in [0.29, 0.717) is 18.0 Å². The van der Waals surface area contributed by atoms with Crippen LogP contribution < -0.4 is 4.90 Å². The Kier molecular flexibility index (Phi) is 4.94. The van der Waals surface area contributed by atoms with E-state index in [9.17, 15) is 4.79 Å². The van der Waals surface area contributed by atoms with Crippen molar-refractivity contribution in [2.45, 2.75) is 25.5 Å². The van der Waals surface area contributed by atoms with Gasteiger partial charge in [0.05, 0.1) is 17.4 Å². The zero-order valence-corrected chi connectivity index (χ0v) is 16.4. The van der Waals surface area contributed by atoms with Crippen LogP contribution in [0.15, 0.2) is 67.3 Å². The summed E-state index contributed by atoms with van der Waals surface area (Å²) in [7, 11) is 0. The number of ether oxygens (including phenoxy) is 1. The number of hydrogen-bond donors (Lipinski definition) is 1. The number of nitrogens with zero attached hydrogens (tertiary/aromatic N) is 4. The average molecular weight is 399 g/mol. The van der Waals surface area contributed by atoms with Crippen molar-refractivity contribution in [2.24, 2.45) is 0 Å². The van der Waals surface area contributed by atoms with E-state index in [1.54, 1.807) is 29.7 Å². The summed E-state index contributed by atoms with van der Waals surface area (Å²) in [4.78, 5) is 23.8. The minimum absolute atomic E-state index is 0.204. The van der Waals surface area contributed by atoms with Crippen molar-refractivity contribution in [3.8, 4) is 11.1 Å². The average Bonchev–Trinajstić information content (AvgIpc) is 3.24. The van der Waals surface area contributed by atoms with Gasteiger partial charge in [-0.25, -0.2) is 0 Å². The number of carbonyl (C=O) groups excluding carboxylic acids is 1. The summed E-state index contributed by atoms with van der Waals surface area (Å²) in [6, 6.07) is 13.5. The topological polar surface area (TPSA) is 84.0 Å². The first-order valence-electron chi connectivity index (χ1n) is 10.0. The third-order valence-corrected chi connectivity index (χ3v) is 5.35. The molecule has 5 rings (SSSR count). The Labute approximate surface area is 173 Å². The number of anilines is 1. The van der Waals surface area contributed by atoms with Crippen molar-refractivity contribution in [3.05, 3.63) is 72.9 Å². The van der Waals surface area contributed by atoms with Crippen LogP contribution in [-0.2, 0) is 4.74 Å². The fourth-order valence-electron chi connectivity index (χ4n) is 3.84. The van der Waals surface area contributed by atoms with Gasteiger partial charge in [-0.15, -0.1) is 0 Å². The Morgan fingerprint density at radius 2 is 1.90 bits per heavy atom. The molecule has 1 N–H and O–H groups in total. The monoisotopic (exact) mass is 399 g/mol. The quantitative estimate of drug-likeness (QED) is 0.556. The number of amides is 1. The van der Waals surface area contributed by atoms with Gasteiger partial charge < -0.3 is 4.74 Å². The maximum atomic E-state index is 13.7. The lowest BCUT2D eigenvalue weighted by atomic mass is 10.0. The summed E-state index contributed by atoms with van der Waals surface area (Å²) in [5.41, 5.74) is 3.84. The van der Waals surface area contributed by atoms with Crippen molar-refractivity contribution in [1.29, 1.82) is 0 Å². The molecule has 4 aromatic rings. The molecular weight excluding hydrogens is 378 g/mol. The maximum Gasteiger partial charge on any atom is 0.281 e. The molecule has 150 valence electrons. The fraction of sp³-hybridized carbons (Fsp3) is 0.217. The van der Waals surface area contributed by atoms with Gasteiger partial charge in [0, 0.05) is 36.1 Å². The molecule has 0 radical (unpaired) electrons. The van der Waals surface area contributed by atoms with Crippen LogP contribution in [0.25, 0.3) is 22.0 Å². The van der Waals surface area contributed by atoms with E-state index in [0.717, 1.165) is 41.3 Å². The largest absolute Gasteiger partial charge is 0.358 e. The van der Waals surface area contributed by atoms with Gasteiger partial charge in [-0.3, -0.25) is 24.8 Å². The normalized spacial score (nSPS) is 16.5. The van der Waals surface area contributed by atoms with Crippen LogP contribution in [0.2, 0.25) is 0 Å². The smallest absolute Gasteiger partial charge is 0.281 e. The minimum Gasteiger partial charge on any atom is -0.358 e. The molecule has 1 amide bonds. The number of fused-ring (bicyclic) bond motifs is 1. The molecule has 1 fully saturated rings. The Bertz CT molecular complexity index is 1150. The van der Waals surface area contributed by atoms with E-state index < -0.39 is 0 Å². The SMILES string of the molecule is O=C(c1n[nH]c2ccc(-c3cccnc3)cc12)N(c1cccnc1)C1CCCCO1. The molecule has 0 saturated carbocycles. The Morgan fingerprint density at radius 3 is 2.63 bits per heavy atom. The second kappa shape index (κ2) is 8.04. The number of rotatable bonds is 4. The number of hydrogen-bond acceptors (Lipinski definition) is 5. The zero-order valence-electron chi connectivity index (χ0n) is 16.4. The van der Waals surface area contributed by atoms with Crippen molar-refractivity contribution < 1.29 is 9.53 Å². The van der Waals surface area contributed by atoms with Gasteiger partial charge in [0.15, 0.2) is 5.69 Å². The summed E-state index contributed by atoms with van der Waals surface area (Å²) in [6.45, 7) is 0.640. The van der Waals surface area contributed by atoms with Crippen LogP contribution in [0.1, 0.15) is 29.8 Å². The van der Waals surface area contributed by atoms with Gasteiger partial charge in [0.25, 0.3) is 5.91 Å². The summed E-state index contributed by atoms with van der Waals surface area (Å²) >= 11 is 0. The van der Waals surface area contributed by atoms with Gasteiger partial charge in [0.2, 0.25) is 0 Å². The molecule has 7 heteroatoms. The van der Waals surface area contributed by atoms with Gasteiger partial charge >= 0.3 is 0 Å². The Morgan fingerprint density at radius 1 is 1.03 bits per heavy atom. The van der Waals surface area contributed by atoms with Gasteiger partial charge in [-0.05, 0) is 55.2 Å². The minimum atomic E-state index is -0.330. The summed E-state index contributed by atoms with van der Waals surface area (Å²) in [5, 5.41) is 8.12. The molecule has 1 aliphatic rings. The van der Waals surface area contributed by atoms with Gasteiger partial charge in [-0.2, -0.15) is 5.10 Å². The van der Waals surface area contributed by atoms with E-state index in [1.165, 1.54) is 0 Å². The van der Waals surface area contributed by atoms with Crippen molar-refractivity contribution in [1.82, 2.24) is 20.2 Å². The van der Waals surface area contributed by atoms with Crippen LogP contribution in [0.5, 0.6) is 0 Å². The highest BCUT2D eigenvalue weighted by molar-refractivity contribution is 6.13. The lowest BCUT2D eigenvalue weighted by Crippen LogP contribution is -2.44. The maximum absolute atomic E-state index is 13.7. The lowest BCUT2D eigenvalue weighted by molar-refractivity contribution is 0.0143. The van der Waals surface area contributed by atoms with E-state index in [1.807, 2.05) is 42.5 Å². The lowest BCUT2D eigenvalue weighted by Gasteiger charge is -2.33. The van der Waals surface area contributed by atoms with E-state index >= 15 is 0 Å². The first-order chi connectivity index (χ1) is 14.8. The fourth-order valence-corrected chi connectivity index (χ4v) is 3.84. The van der Waals surface area contributed by atoms with Crippen molar-refractivity contribution >= 4 is 22.5 Å². The molecule has 1 unspecified atom stereocenters. The molecule has 0 spiro atoms. The number of benzene rings is 1. The summed E-state index contributed by atoms with van der Waals surface area (Å²) in [5.74, 6) is -0.204. The highest BCUT2D eigenvalue weighted by Gasteiger charge is 2.31. The molecule has 1 aromatic carbocycles. The van der Waals surface area contributed by atoms with Crippen LogP contribution >= 0.6 is 0 Å². The van der Waals surface area contributed by atoms with Crippen molar-refractivity contribution in [3.63, 3.8) is 0 Å². The standard InChI is InChI=1S/C23H21N5O2/c29-23(28(18-6-4-11-25-15-18)21-7-1-2-12-30-21)22-19-13-16(8-9-20(19)26-27-22)17-5-3-10-24-14-17/h3-6,8-11,13-15,21H,1-2,7,12H2,(H,26,27). The molecule has 1 saturated heterocycles. The summed E-state index contributed by atoms with van der Waals surface area (Å²) in [6.07, 6.45) is 9.40. The molecule has 1 atom stereocenters. The number of carbonyl (C=O) groups is 1. The van der Waals surface area contributed by atoms with E-state index in [2.05, 4.69) is 20.2 Å². The van der Waals surface area contributed by atoms with E-state index in [4.69, 9.17) is 4.74 Å². The number of pyridine rings is 2. The summed E-state index contributed by atoms with van der Waals surface area (Å²) < 4.78 is 5.95. The Balaban J connectivity index is 1.57. The van der Waals surface area contributed by atoms with Gasteiger partial charge in [0.1, 0.15) is 6.23 Å². The van der Waals surface area contributed by atoms with Crippen LogP contribution in [0.3, 0.4) is 0 Å². The molecular formula is C23H21N5O2. The molecule has 0 bridgehead atoms. The third-order valence-electron chi connectivity index (χ3n) is 5.35. The Hall–Kier alpha value is -3.58. The molecule has 1 aliphatic heterocycles. The first kappa shape index (κ1) is 18.4. The second-order valence-corrected chi connectivity index (χ2v) is 7.28. The second-order valence-electron chi connectivity index (χ2n) is 7.28. The molecule has 4 heterocycles. The molecule has 30 heavy (non-hydrogen) atoms. The molecule has 0 aliphatic carbocycles. The first-order valence-corrected chi connectivity index (χ1v) is 10.0. The predicted molar refractivity (Wildman–Crippen MR) is 114 cm³/mol. The van der Waals surface area contributed by atoms with Crippen LogP contribution in [0.4, 0.5) is 5.69 Å². The highest BCUT2D eigenvalue weighted by Crippen LogP contribution is 2.29. The number of aromatic amines is 1. The molecule has 7 nitrogen and oxygen atoms in total. The molecule has 3 aromatic heterocycles. The van der Waals surface area contributed by atoms with E-state index in [-0.39, 0.29) is 12.1 Å². The van der Waals surface area contributed by atoms with Crippen LogP contribution in [-0.4, -0.2) is 38.9 Å². The number of aromatic nitrogens is 4. The van der Waals surface area contributed by atoms with Crippen molar-refractivity contribution in [2.75, 3.05) is 11.5 Å². The number of nitrogens with one attached hydrogen (secondary N) is 1. The third kappa shape index (κ3) is 3.44. The van der Waals surface area contributed by atoms with Gasteiger partial charge in [-0.1, -0.05) is 12.1 Å².